The Morgan fingerprint density at radius 3 is 3.06 bits per heavy atom. The number of para-hydroxylation sites is 1. The first kappa shape index (κ1) is 11.9. The Hall–Kier alpha value is -1.55. The third-order valence-electron chi connectivity index (χ3n) is 2.97. The van der Waals surface area contributed by atoms with Crippen LogP contribution < -0.4 is 15.8 Å². The van der Waals surface area contributed by atoms with E-state index in [2.05, 4.69) is 5.32 Å². The summed E-state index contributed by atoms with van der Waals surface area (Å²) in [6.45, 7) is 3.18. The molecule has 4 nitrogen and oxygen atoms in total. The lowest BCUT2D eigenvalue weighted by atomic mass is 10.1. The second-order valence-electron chi connectivity index (χ2n) is 4.50. The predicted molar refractivity (Wildman–Crippen MR) is 65.8 cm³/mol. The van der Waals surface area contributed by atoms with E-state index in [1.807, 2.05) is 31.2 Å². The smallest absolute Gasteiger partial charge is 0.261 e. The van der Waals surface area contributed by atoms with Crippen LogP contribution in [0.4, 0.5) is 0 Å². The molecule has 4 heteroatoms. The van der Waals surface area contributed by atoms with Gasteiger partial charge in [0, 0.05) is 13.0 Å². The highest BCUT2D eigenvalue weighted by molar-refractivity contribution is 5.82. The van der Waals surface area contributed by atoms with E-state index < -0.39 is 6.10 Å². The van der Waals surface area contributed by atoms with Gasteiger partial charge in [0.15, 0.2) is 6.10 Å². The van der Waals surface area contributed by atoms with Gasteiger partial charge in [0.2, 0.25) is 0 Å². The molecule has 1 aromatic rings. The molecule has 0 saturated carbocycles. The summed E-state index contributed by atoms with van der Waals surface area (Å²) in [5.74, 6) is 1.06. The summed E-state index contributed by atoms with van der Waals surface area (Å²) >= 11 is 0. The number of amides is 1. The van der Waals surface area contributed by atoms with Gasteiger partial charge in [0.1, 0.15) is 5.75 Å². The molecule has 0 bridgehead atoms. The van der Waals surface area contributed by atoms with Crippen LogP contribution in [0.5, 0.6) is 5.75 Å². The van der Waals surface area contributed by atoms with Crippen molar-refractivity contribution in [3.63, 3.8) is 0 Å². The summed E-state index contributed by atoms with van der Waals surface area (Å²) in [7, 11) is 0. The van der Waals surface area contributed by atoms with Crippen LogP contribution >= 0.6 is 0 Å². The van der Waals surface area contributed by atoms with Crippen molar-refractivity contribution in [2.45, 2.75) is 19.4 Å². The Balaban J connectivity index is 1.88. The minimum atomic E-state index is -0.391. The van der Waals surface area contributed by atoms with Gasteiger partial charge in [-0.3, -0.25) is 4.79 Å². The highest BCUT2D eigenvalue weighted by Crippen LogP contribution is 2.27. The molecular formula is C13H18N2O2. The van der Waals surface area contributed by atoms with Crippen molar-refractivity contribution in [1.29, 1.82) is 0 Å². The Bertz CT molecular complexity index is 381. The highest BCUT2D eigenvalue weighted by Gasteiger charge is 2.28. The van der Waals surface area contributed by atoms with E-state index in [9.17, 15) is 4.79 Å². The van der Waals surface area contributed by atoms with E-state index >= 15 is 0 Å². The van der Waals surface area contributed by atoms with Crippen molar-refractivity contribution < 1.29 is 9.53 Å². The SMILES string of the molecule is CC(CN)CNC(=O)C1Cc2ccccc2O1. The summed E-state index contributed by atoms with van der Waals surface area (Å²) in [6, 6.07) is 7.75. The van der Waals surface area contributed by atoms with Crippen molar-refractivity contribution in [3.05, 3.63) is 29.8 Å². The average molecular weight is 234 g/mol. The molecule has 1 heterocycles. The molecule has 0 radical (unpaired) electrons. The first-order valence-corrected chi connectivity index (χ1v) is 5.93. The number of benzene rings is 1. The van der Waals surface area contributed by atoms with Gasteiger partial charge in [-0.1, -0.05) is 25.1 Å². The van der Waals surface area contributed by atoms with Crippen LogP contribution in [-0.4, -0.2) is 25.1 Å². The molecule has 3 N–H and O–H groups in total. The molecule has 0 saturated heterocycles. The minimum Gasteiger partial charge on any atom is -0.480 e. The van der Waals surface area contributed by atoms with Gasteiger partial charge in [0.25, 0.3) is 5.91 Å². The average Bonchev–Trinajstić information content (AvgIpc) is 2.79. The van der Waals surface area contributed by atoms with Gasteiger partial charge in [-0.2, -0.15) is 0 Å². The summed E-state index contributed by atoms with van der Waals surface area (Å²) in [4.78, 5) is 11.9. The van der Waals surface area contributed by atoms with E-state index in [0.29, 0.717) is 25.4 Å². The number of rotatable bonds is 4. The highest BCUT2D eigenvalue weighted by atomic mass is 16.5. The van der Waals surface area contributed by atoms with E-state index in [1.165, 1.54) is 0 Å². The Labute approximate surface area is 101 Å². The number of hydrogen-bond donors (Lipinski definition) is 2. The van der Waals surface area contributed by atoms with Gasteiger partial charge < -0.3 is 15.8 Å². The number of carbonyl (C=O) groups is 1. The quantitative estimate of drug-likeness (QED) is 0.806. The Morgan fingerprint density at radius 2 is 2.35 bits per heavy atom. The maximum Gasteiger partial charge on any atom is 0.261 e. The molecule has 0 aliphatic carbocycles. The summed E-state index contributed by atoms with van der Waals surface area (Å²) in [5, 5.41) is 2.87. The van der Waals surface area contributed by atoms with Gasteiger partial charge in [-0.15, -0.1) is 0 Å². The van der Waals surface area contributed by atoms with Crippen molar-refractivity contribution in [1.82, 2.24) is 5.32 Å². The van der Waals surface area contributed by atoms with Crippen LogP contribution in [0.1, 0.15) is 12.5 Å². The van der Waals surface area contributed by atoms with Crippen molar-refractivity contribution in [2.24, 2.45) is 11.7 Å². The van der Waals surface area contributed by atoms with E-state index in [-0.39, 0.29) is 5.91 Å². The van der Waals surface area contributed by atoms with Crippen molar-refractivity contribution in [2.75, 3.05) is 13.1 Å². The first-order valence-electron chi connectivity index (χ1n) is 5.93. The predicted octanol–water partition coefficient (Wildman–Crippen LogP) is 0.701. The van der Waals surface area contributed by atoms with Gasteiger partial charge in [0.05, 0.1) is 0 Å². The normalized spacial score (nSPS) is 19.3. The number of fused-ring (bicyclic) bond motifs is 1. The van der Waals surface area contributed by atoms with Crippen LogP contribution in [0.15, 0.2) is 24.3 Å². The van der Waals surface area contributed by atoms with E-state index in [0.717, 1.165) is 11.3 Å². The molecule has 17 heavy (non-hydrogen) atoms. The molecule has 92 valence electrons. The third kappa shape index (κ3) is 2.77. The number of nitrogens with two attached hydrogens (primary N) is 1. The molecule has 1 aliphatic heterocycles. The molecule has 2 unspecified atom stereocenters. The van der Waals surface area contributed by atoms with Crippen LogP contribution in [0.3, 0.4) is 0 Å². The maximum absolute atomic E-state index is 11.9. The van der Waals surface area contributed by atoms with Crippen molar-refractivity contribution >= 4 is 5.91 Å². The topological polar surface area (TPSA) is 64.3 Å². The lowest BCUT2D eigenvalue weighted by molar-refractivity contribution is -0.127. The van der Waals surface area contributed by atoms with Gasteiger partial charge in [-0.05, 0) is 24.1 Å². The standard InChI is InChI=1S/C13H18N2O2/c1-9(7-14)8-15-13(16)12-6-10-4-2-3-5-11(10)17-12/h2-5,9,12H,6-8,14H2,1H3,(H,15,16). The van der Waals surface area contributed by atoms with Crippen LogP contribution in [-0.2, 0) is 11.2 Å². The van der Waals surface area contributed by atoms with Crippen molar-refractivity contribution in [3.8, 4) is 5.75 Å². The number of nitrogens with one attached hydrogen (secondary N) is 1. The molecule has 0 fully saturated rings. The van der Waals surface area contributed by atoms with E-state index in [4.69, 9.17) is 10.5 Å². The minimum absolute atomic E-state index is 0.0542. The van der Waals surface area contributed by atoms with E-state index in [1.54, 1.807) is 0 Å². The summed E-state index contributed by atoms with van der Waals surface area (Å²) in [6.07, 6.45) is 0.260. The number of ether oxygens (including phenoxy) is 1. The van der Waals surface area contributed by atoms with Crippen LogP contribution in [0, 0.1) is 5.92 Å². The Kier molecular flexibility index (Phi) is 3.64. The zero-order valence-electron chi connectivity index (χ0n) is 9.98. The second-order valence-corrected chi connectivity index (χ2v) is 4.50. The maximum atomic E-state index is 11.9. The molecule has 1 aliphatic rings. The largest absolute Gasteiger partial charge is 0.480 e. The lowest BCUT2D eigenvalue weighted by Gasteiger charge is -2.13. The Morgan fingerprint density at radius 1 is 1.59 bits per heavy atom. The molecule has 0 spiro atoms. The molecule has 1 amide bonds. The lowest BCUT2D eigenvalue weighted by Crippen LogP contribution is -2.40. The number of carbonyl (C=O) groups excluding carboxylic acids is 1. The molecule has 1 aromatic carbocycles. The third-order valence-corrected chi connectivity index (χ3v) is 2.97. The van der Waals surface area contributed by atoms with Crippen LogP contribution in [0.25, 0.3) is 0 Å². The fourth-order valence-corrected chi connectivity index (χ4v) is 1.80. The molecular weight excluding hydrogens is 216 g/mol. The second kappa shape index (κ2) is 5.19. The van der Waals surface area contributed by atoms with Gasteiger partial charge >= 0.3 is 0 Å². The summed E-state index contributed by atoms with van der Waals surface area (Å²) < 4.78 is 5.59. The summed E-state index contributed by atoms with van der Waals surface area (Å²) in [5.41, 5.74) is 6.59. The molecule has 2 rings (SSSR count). The molecule has 0 aromatic heterocycles. The zero-order valence-corrected chi connectivity index (χ0v) is 9.98. The monoisotopic (exact) mass is 234 g/mol. The molecule has 2 atom stereocenters. The number of hydrogen-bond acceptors (Lipinski definition) is 3. The van der Waals surface area contributed by atoms with Crippen LogP contribution in [0.2, 0.25) is 0 Å². The first-order chi connectivity index (χ1) is 8.20. The fraction of sp³-hybridized carbons (Fsp3) is 0.462. The fourth-order valence-electron chi connectivity index (χ4n) is 1.80. The zero-order chi connectivity index (χ0) is 12.3. The van der Waals surface area contributed by atoms with Gasteiger partial charge in [-0.25, -0.2) is 0 Å².